The highest BCUT2D eigenvalue weighted by molar-refractivity contribution is 7.91. The van der Waals surface area contributed by atoms with Crippen LogP contribution in [0.1, 0.15) is 58.8 Å². The van der Waals surface area contributed by atoms with Crippen LogP contribution in [0.4, 0.5) is 22.4 Å². The standard InChI is InChI=1S/C39H47F4N5O10S/c1-22-8-4-5-9-24-16-38(24,34(51)47-59(53,54)36(19-40)12-13-36)46-31(49)28-15-25(57-32-27-11-7-6-10-26(27)29(55-3)17-44-32)18-48(28)33(50)30(23(2)14-22)45-35(52)58-37(20-56-21-37)39(41,42)43/h5-7,9-11,17,22-25,28,30H,4,8,12-16,18-21H2,1-3H3,(H,45,52)(H,46,49)(H,47,51)/b9-5-/t22-,23-,24-,25-,28+,30+,38-/m1/s1. The van der Waals surface area contributed by atoms with Crippen molar-refractivity contribution in [2.24, 2.45) is 17.8 Å². The van der Waals surface area contributed by atoms with Crippen LogP contribution < -0.4 is 24.8 Å². The van der Waals surface area contributed by atoms with Gasteiger partial charge in [0.2, 0.25) is 27.7 Å². The minimum Gasteiger partial charge on any atom is -0.494 e. The predicted octanol–water partition coefficient (Wildman–Crippen LogP) is 3.85. The Morgan fingerprint density at radius 3 is 2.44 bits per heavy atom. The second-order valence-electron chi connectivity index (χ2n) is 16.5. The predicted molar refractivity (Wildman–Crippen MR) is 201 cm³/mol. The number of pyridine rings is 1. The third-order valence-corrected chi connectivity index (χ3v) is 14.3. The summed E-state index contributed by atoms with van der Waals surface area (Å²) < 4.78 is 104. The number of allylic oxidation sites excluding steroid dienone is 1. The number of alkyl halides is 4. The van der Waals surface area contributed by atoms with Crippen molar-refractivity contribution in [2.75, 3.05) is 33.5 Å². The number of ether oxygens (including phenoxy) is 4. The normalized spacial score (nSPS) is 30.9. The van der Waals surface area contributed by atoms with Gasteiger partial charge in [-0.1, -0.05) is 44.2 Å². The molecule has 4 amide bonds. The number of benzene rings is 1. The molecule has 2 saturated heterocycles. The molecule has 2 aromatic rings. The van der Waals surface area contributed by atoms with Crippen molar-refractivity contribution >= 4 is 44.6 Å². The van der Waals surface area contributed by atoms with Crippen molar-refractivity contribution in [3.63, 3.8) is 0 Å². The largest absolute Gasteiger partial charge is 0.494 e. The Kier molecular flexibility index (Phi) is 11.3. The molecule has 0 bridgehead atoms. The van der Waals surface area contributed by atoms with Gasteiger partial charge in [0.25, 0.3) is 11.5 Å². The fourth-order valence-electron chi connectivity index (χ4n) is 8.21. The molecule has 2 aliphatic carbocycles. The number of carbonyl (C=O) groups is 4. The van der Waals surface area contributed by atoms with Gasteiger partial charge in [0.1, 0.15) is 40.9 Å². The number of fused-ring (bicyclic) bond motifs is 3. The average Bonchev–Trinajstić information content (AvgIpc) is 4.07. The molecule has 20 heteroatoms. The SMILES string of the molecule is COc1cnc(O[C@@H]2C[C@H]3C(=O)N[C@]4(C(=O)NS(=O)(=O)C5(CF)CC5)C[C@H]4/C=C\CC[C@@H](C)C[C@@H](C)[C@H](NC(=O)OC4(C(F)(F)F)COC4)C(=O)N3C2)c2ccccc12. The molecule has 3 aliphatic heterocycles. The van der Waals surface area contributed by atoms with Crippen LogP contribution in [-0.2, 0) is 33.9 Å². The van der Waals surface area contributed by atoms with Crippen molar-refractivity contribution < 1.29 is 64.1 Å². The monoisotopic (exact) mass is 853 g/mol. The van der Waals surface area contributed by atoms with E-state index in [4.69, 9.17) is 18.9 Å². The summed E-state index contributed by atoms with van der Waals surface area (Å²) in [4.78, 5) is 62.0. The average molecular weight is 854 g/mol. The Hall–Kier alpha value is -4.72. The van der Waals surface area contributed by atoms with Crippen LogP contribution in [0.15, 0.2) is 42.6 Å². The highest BCUT2D eigenvalue weighted by Gasteiger charge is 2.65. The third kappa shape index (κ3) is 8.01. The Labute approximate surface area is 337 Å². The molecule has 0 radical (unpaired) electrons. The Balaban J connectivity index is 1.22. The van der Waals surface area contributed by atoms with Gasteiger partial charge in [-0.2, -0.15) is 13.2 Å². The molecule has 0 spiro atoms. The number of hydrogen-bond acceptors (Lipinski definition) is 11. The lowest BCUT2D eigenvalue weighted by atomic mass is 9.88. The topological polar surface area (TPSA) is 192 Å². The maximum Gasteiger partial charge on any atom is 0.433 e. The first kappa shape index (κ1) is 42.4. The van der Waals surface area contributed by atoms with Crippen LogP contribution in [0.2, 0.25) is 0 Å². The smallest absolute Gasteiger partial charge is 0.433 e. The lowest BCUT2D eigenvalue weighted by Gasteiger charge is -2.41. The summed E-state index contributed by atoms with van der Waals surface area (Å²) in [6.07, 6.45) is -1.14. The van der Waals surface area contributed by atoms with Crippen LogP contribution >= 0.6 is 0 Å². The summed E-state index contributed by atoms with van der Waals surface area (Å²) >= 11 is 0. The molecule has 5 aliphatic rings. The molecule has 4 fully saturated rings. The number of nitrogens with zero attached hydrogens (tertiary/aromatic N) is 2. The molecule has 1 aromatic carbocycles. The van der Waals surface area contributed by atoms with Gasteiger partial charge in [0.05, 0.1) is 33.1 Å². The number of hydrogen-bond donors (Lipinski definition) is 3. The first-order valence-electron chi connectivity index (χ1n) is 19.5. The van der Waals surface area contributed by atoms with Gasteiger partial charge in [-0.05, 0) is 56.4 Å². The van der Waals surface area contributed by atoms with Gasteiger partial charge in [-0.25, -0.2) is 22.6 Å². The first-order valence-corrected chi connectivity index (χ1v) is 21.0. The van der Waals surface area contributed by atoms with Gasteiger partial charge in [-0.15, -0.1) is 0 Å². The molecule has 4 heterocycles. The van der Waals surface area contributed by atoms with Crippen LogP contribution in [-0.4, -0.2) is 116 Å². The summed E-state index contributed by atoms with van der Waals surface area (Å²) in [6, 6.07) is 4.20. The van der Waals surface area contributed by atoms with E-state index in [-0.39, 0.29) is 44.0 Å². The van der Waals surface area contributed by atoms with Crippen molar-refractivity contribution in [3.8, 4) is 11.6 Å². The van der Waals surface area contributed by atoms with Crippen molar-refractivity contribution in [1.82, 2.24) is 25.2 Å². The number of carbonyl (C=O) groups excluding carboxylic acids is 4. The van der Waals surface area contributed by atoms with E-state index < -0.39 is 106 Å². The van der Waals surface area contributed by atoms with Gasteiger partial charge in [0, 0.05) is 23.1 Å². The van der Waals surface area contributed by atoms with E-state index in [1.165, 1.54) is 13.3 Å². The summed E-state index contributed by atoms with van der Waals surface area (Å²) in [5, 5.41) is 6.31. The minimum atomic E-state index is -4.96. The fraction of sp³-hybridized carbons (Fsp3) is 0.615. The van der Waals surface area contributed by atoms with E-state index in [1.807, 2.05) is 11.6 Å². The van der Waals surface area contributed by atoms with Crippen LogP contribution in [0.5, 0.6) is 11.6 Å². The first-order chi connectivity index (χ1) is 27.9. The Morgan fingerprint density at radius 2 is 1.81 bits per heavy atom. The number of amides is 4. The molecular formula is C39H47F4N5O10S. The number of sulfonamides is 1. The number of alkyl carbamates (subject to hydrolysis) is 1. The molecule has 322 valence electrons. The van der Waals surface area contributed by atoms with E-state index in [1.54, 1.807) is 43.3 Å². The summed E-state index contributed by atoms with van der Waals surface area (Å²) in [6.45, 7) is 0.273. The highest BCUT2D eigenvalue weighted by Crippen LogP contribution is 2.48. The van der Waals surface area contributed by atoms with Crippen LogP contribution in [0, 0.1) is 17.8 Å². The lowest BCUT2D eigenvalue weighted by molar-refractivity contribution is -0.331. The molecule has 7 atom stereocenters. The molecule has 15 nitrogen and oxygen atoms in total. The third-order valence-electron chi connectivity index (χ3n) is 12.2. The minimum absolute atomic E-state index is 0.00878. The van der Waals surface area contributed by atoms with Crippen LogP contribution in [0.3, 0.4) is 0 Å². The number of halogens is 4. The zero-order valence-corrected chi connectivity index (χ0v) is 33.5. The van der Waals surface area contributed by atoms with Gasteiger partial charge >= 0.3 is 12.3 Å². The quantitative estimate of drug-likeness (QED) is 0.245. The summed E-state index contributed by atoms with van der Waals surface area (Å²) in [5.74, 6) is -3.53. The maximum atomic E-state index is 14.8. The van der Waals surface area contributed by atoms with E-state index in [0.717, 1.165) is 4.90 Å². The zero-order chi connectivity index (χ0) is 42.5. The second kappa shape index (κ2) is 15.7. The van der Waals surface area contributed by atoms with Gasteiger partial charge in [-0.3, -0.25) is 19.1 Å². The van der Waals surface area contributed by atoms with E-state index in [9.17, 15) is 45.2 Å². The molecule has 1 aromatic heterocycles. The zero-order valence-electron chi connectivity index (χ0n) is 32.7. The summed E-state index contributed by atoms with van der Waals surface area (Å²) in [5.41, 5.74) is -4.68. The number of nitrogens with one attached hydrogen (secondary N) is 3. The van der Waals surface area contributed by atoms with Crippen molar-refractivity contribution in [3.05, 3.63) is 42.6 Å². The van der Waals surface area contributed by atoms with Gasteiger partial charge in [0.15, 0.2) is 0 Å². The second-order valence-corrected chi connectivity index (χ2v) is 18.6. The fourth-order valence-corrected chi connectivity index (χ4v) is 9.63. The Bertz CT molecular complexity index is 2130. The molecule has 2 saturated carbocycles. The van der Waals surface area contributed by atoms with E-state index in [2.05, 4.69) is 15.6 Å². The molecular weight excluding hydrogens is 807 g/mol. The molecule has 7 rings (SSSR count). The number of rotatable bonds is 9. The number of methoxy groups -OCH3 is 1. The van der Waals surface area contributed by atoms with Gasteiger partial charge < -0.3 is 34.5 Å². The van der Waals surface area contributed by atoms with Crippen molar-refractivity contribution in [2.45, 2.75) is 99.0 Å². The molecule has 0 unspecified atom stereocenters. The molecule has 59 heavy (non-hydrogen) atoms. The van der Waals surface area contributed by atoms with E-state index in [0.29, 0.717) is 35.8 Å². The van der Waals surface area contributed by atoms with Crippen LogP contribution in [0.25, 0.3) is 10.8 Å². The number of aromatic nitrogens is 1. The van der Waals surface area contributed by atoms with Crippen molar-refractivity contribution in [1.29, 1.82) is 0 Å². The maximum absolute atomic E-state index is 14.8. The van der Waals surface area contributed by atoms with E-state index >= 15 is 0 Å². The molecule has 3 N–H and O–H groups in total. The highest BCUT2D eigenvalue weighted by atomic mass is 32.2. The Morgan fingerprint density at radius 1 is 1.10 bits per heavy atom. The lowest BCUT2D eigenvalue weighted by Crippen LogP contribution is -2.65. The summed E-state index contributed by atoms with van der Waals surface area (Å²) in [7, 11) is -2.99.